The molecule has 1 aliphatic rings. The van der Waals surface area contributed by atoms with E-state index in [1.54, 1.807) is 0 Å². The van der Waals surface area contributed by atoms with E-state index in [-0.39, 0.29) is 0 Å². The fourth-order valence-electron chi connectivity index (χ4n) is 1.98. The second-order valence-corrected chi connectivity index (χ2v) is 5.75. The first kappa shape index (κ1) is 14.0. The van der Waals surface area contributed by atoms with E-state index in [1.807, 2.05) is 12.1 Å². The largest absolute Gasteiger partial charge is 0.476 e. The van der Waals surface area contributed by atoms with E-state index in [0.717, 1.165) is 24.8 Å². The van der Waals surface area contributed by atoms with Crippen molar-refractivity contribution in [3.8, 4) is 5.88 Å². The molecule has 1 fully saturated rings. The molecular weight excluding hydrogens is 238 g/mol. The summed E-state index contributed by atoms with van der Waals surface area (Å²) in [6, 6.07) is 3.89. The molecule has 2 N–H and O–H groups in total. The smallest absolute Gasteiger partial charge is 0.239 e. The lowest BCUT2D eigenvalue weighted by Crippen LogP contribution is -2.26. The zero-order chi connectivity index (χ0) is 13.8. The van der Waals surface area contributed by atoms with Gasteiger partial charge in [-0.1, -0.05) is 13.8 Å². The number of nitrogens with two attached hydrogens (primary N) is 1. The number of nitrogen functional groups attached to an aromatic ring is 1. The van der Waals surface area contributed by atoms with Gasteiger partial charge in [-0.15, -0.1) is 0 Å². The van der Waals surface area contributed by atoms with Crippen molar-refractivity contribution in [2.45, 2.75) is 33.6 Å². The molecule has 0 saturated heterocycles. The predicted molar refractivity (Wildman–Crippen MR) is 79.6 cm³/mol. The summed E-state index contributed by atoms with van der Waals surface area (Å²) in [5, 5.41) is 0. The number of rotatable bonds is 7. The molecule has 1 aromatic rings. The summed E-state index contributed by atoms with van der Waals surface area (Å²) in [5.74, 6) is 2.86. The molecule has 1 heterocycles. The molecule has 0 aromatic carbocycles. The van der Waals surface area contributed by atoms with Crippen molar-refractivity contribution in [1.29, 1.82) is 0 Å². The highest BCUT2D eigenvalue weighted by Crippen LogP contribution is 2.32. The molecule has 1 aromatic heterocycles. The lowest BCUT2D eigenvalue weighted by atomic mass is 10.2. The van der Waals surface area contributed by atoms with Crippen LogP contribution < -0.4 is 15.4 Å². The minimum atomic E-state index is 0.471. The summed E-state index contributed by atoms with van der Waals surface area (Å²) in [6.07, 6.45) is 2.70. The molecule has 106 valence electrons. The molecule has 0 amide bonds. The molecule has 0 radical (unpaired) electrons. The summed E-state index contributed by atoms with van der Waals surface area (Å²) < 4.78 is 5.69. The second kappa shape index (κ2) is 6.13. The Morgan fingerprint density at radius 2 is 2.16 bits per heavy atom. The van der Waals surface area contributed by atoms with Crippen LogP contribution in [-0.4, -0.2) is 24.7 Å². The van der Waals surface area contributed by atoms with Gasteiger partial charge in [0.1, 0.15) is 5.82 Å². The van der Waals surface area contributed by atoms with E-state index < -0.39 is 0 Å². The average Bonchev–Trinajstić information content (AvgIpc) is 3.19. The van der Waals surface area contributed by atoms with Gasteiger partial charge >= 0.3 is 0 Å². The molecule has 0 unspecified atom stereocenters. The minimum Gasteiger partial charge on any atom is -0.476 e. The van der Waals surface area contributed by atoms with Gasteiger partial charge < -0.3 is 15.4 Å². The zero-order valence-corrected chi connectivity index (χ0v) is 12.2. The van der Waals surface area contributed by atoms with Gasteiger partial charge in [0.15, 0.2) is 0 Å². The standard InChI is InChI=1S/C15H25N3O/c1-4-18(9-12-5-6-12)14-8-7-13(16)15(17-14)19-10-11(2)3/h7-8,11-12H,4-6,9-10,16H2,1-3H3. The Balaban J connectivity index is 2.08. The van der Waals surface area contributed by atoms with Crippen molar-refractivity contribution in [2.75, 3.05) is 30.3 Å². The van der Waals surface area contributed by atoms with E-state index in [1.165, 1.54) is 12.8 Å². The molecule has 1 saturated carbocycles. The van der Waals surface area contributed by atoms with Gasteiger partial charge in [0, 0.05) is 13.1 Å². The van der Waals surface area contributed by atoms with Gasteiger partial charge in [0.25, 0.3) is 0 Å². The highest BCUT2D eigenvalue weighted by molar-refractivity contribution is 5.54. The van der Waals surface area contributed by atoms with Gasteiger partial charge in [0.2, 0.25) is 5.88 Å². The van der Waals surface area contributed by atoms with Crippen LogP contribution in [0, 0.1) is 11.8 Å². The van der Waals surface area contributed by atoms with E-state index in [9.17, 15) is 0 Å². The fourth-order valence-corrected chi connectivity index (χ4v) is 1.98. The Bertz CT molecular complexity index is 416. The Hall–Kier alpha value is -1.45. The third-order valence-electron chi connectivity index (χ3n) is 3.31. The van der Waals surface area contributed by atoms with E-state index in [0.29, 0.717) is 24.1 Å². The van der Waals surface area contributed by atoms with E-state index in [4.69, 9.17) is 10.5 Å². The van der Waals surface area contributed by atoms with Crippen LogP contribution >= 0.6 is 0 Å². The van der Waals surface area contributed by atoms with Gasteiger partial charge in [-0.2, -0.15) is 4.98 Å². The van der Waals surface area contributed by atoms with Crippen molar-refractivity contribution in [3.63, 3.8) is 0 Å². The quantitative estimate of drug-likeness (QED) is 0.821. The molecule has 0 aliphatic heterocycles. The normalized spacial score (nSPS) is 14.7. The summed E-state index contributed by atoms with van der Waals surface area (Å²) >= 11 is 0. The number of hydrogen-bond donors (Lipinski definition) is 1. The summed E-state index contributed by atoms with van der Waals surface area (Å²) in [7, 11) is 0. The Morgan fingerprint density at radius 3 is 2.74 bits per heavy atom. The highest BCUT2D eigenvalue weighted by atomic mass is 16.5. The molecule has 19 heavy (non-hydrogen) atoms. The van der Waals surface area contributed by atoms with Gasteiger partial charge in [-0.05, 0) is 43.7 Å². The maximum Gasteiger partial charge on any atom is 0.239 e. The predicted octanol–water partition coefficient (Wildman–Crippen LogP) is 2.93. The van der Waals surface area contributed by atoms with Crippen LogP contribution in [0.25, 0.3) is 0 Å². The Kier molecular flexibility index (Phi) is 4.51. The number of nitrogens with zero attached hydrogens (tertiary/aromatic N) is 2. The molecule has 1 aliphatic carbocycles. The highest BCUT2D eigenvalue weighted by Gasteiger charge is 2.24. The maximum atomic E-state index is 5.92. The molecular formula is C15H25N3O. The average molecular weight is 263 g/mol. The molecule has 4 nitrogen and oxygen atoms in total. The van der Waals surface area contributed by atoms with Crippen LogP contribution in [0.1, 0.15) is 33.6 Å². The molecule has 0 atom stereocenters. The summed E-state index contributed by atoms with van der Waals surface area (Å²) in [4.78, 5) is 6.88. The maximum absolute atomic E-state index is 5.92. The zero-order valence-electron chi connectivity index (χ0n) is 12.2. The SMILES string of the molecule is CCN(CC1CC1)c1ccc(N)c(OCC(C)C)n1. The van der Waals surface area contributed by atoms with Crippen molar-refractivity contribution < 1.29 is 4.74 Å². The molecule has 2 rings (SSSR count). The molecule has 4 heteroatoms. The second-order valence-electron chi connectivity index (χ2n) is 5.75. The number of anilines is 2. The first-order valence-corrected chi connectivity index (χ1v) is 7.24. The minimum absolute atomic E-state index is 0.471. The Labute approximate surface area is 116 Å². The van der Waals surface area contributed by atoms with E-state index >= 15 is 0 Å². The fraction of sp³-hybridized carbons (Fsp3) is 0.667. The monoisotopic (exact) mass is 263 g/mol. The number of aromatic nitrogens is 1. The van der Waals surface area contributed by atoms with Crippen molar-refractivity contribution in [1.82, 2.24) is 4.98 Å². The number of hydrogen-bond acceptors (Lipinski definition) is 4. The Morgan fingerprint density at radius 1 is 1.42 bits per heavy atom. The third-order valence-corrected chi connectivity index (χ3v) is 3.31. The first-order valence-electron chi connectivity index (χ1n) is 7.24. The topological polar surface area (TPSA) is 51.4 Å². The van der Waals surface area contributed by atoms with E-state index in [2.05, 4.69) is 30.7 Å². The van der Waals surface area contributed by atoms with Crippen LogP contribution in [0.3, 0.4) is 0 Å². The van der Waals surface area contributed by atoms with Crippen molar-refractivity contribution in [3.05, 3.63) is 12.1 Å². The summed E-state index contributed by atoms with van der Waals surface area (Å²) in [5.41, 5.74) is 6.54. The van der Waals surface area contributed by atoms with Crippen LogP contribution in [0.4, 0.5) is 11.5 Å². The summed E-state index contributed by atoms with van der Waals surface area (Å²) in [6.45, 7) is 9.11. The van der Waals surface area contributed by atoms with Gasteiger partial charge in [-0.3, -0.25) is 0 Å². The van der Waals surface area contributed by atoms with Gasteiger partial charge in [0.05, 0.1) is 12.3 Å². The lowest BCUT2D eigenvalue weighted by Gasteiger charge is -2.22. The van der Waals surface area contributed by atoms with Crippen LogP contribution in [0.2, 0.25) is 0 Å². The van der Waals surface area contributed by atoms with Crippen LogP contribution in [-0.2, 0) is 0 Å². The number of pyridine rings is 1. The molecule has 0 bridgehead atoms. The number of ether oxygens (including phenoxy) is 1. The van der Waals surface area contributed by atoms with Crippen molar-refractivity contribution in [2.24, 2.45) is 11.8 Å². The molecule has 0 spiro atoms. The van der Waals surface area contributed by atoms with Crippen molar-refractivity contribution >= 4 is 11.5 Å². The third kappa shape index (κ3) is 4.01. The van der Waals surface area contributed by atoms with Gasteiger partial charge in [-0.25, -0.2) is 0 Å². The lowest BCUT2D eigenvalue weighted by molar-refractivity contribution is 0.263. The first-order chi connectivity index (χ1) is 9.10. The van der Waals surface area contributed by atoms with Crippen LogP contribution in [0.5, 0.6) is 5.88 Å². The van der Waals surface area contributed by atoms with Crippen LogP contribution in [0.15, 0.2) is 12.1 Å².